The molecule has 0 aliphatic rings. The van der Waals surface area contributed by atoms with Gasteiger partial charge in [0.1, 0.15) is 5.75 Å². The minimum Gasteiger partial charge on any atom is -0.494 e. The van der Waals surface area contributed by atoms with Gasteiger partial charge in [-0.05, 0) is 67.6 Å². The average molecular weight is 463 g/mol. The molecule has 0 aliphatic carbocycles. The van der Waals surface area contributed by atoms with Gasteiger partial charge >= 0.3 is 5.97 Å². The van der Waals surface area contributed by atoms with Gasteiger partial charge < -0.3 is 14.8 Å². The van der Waals surface area contributed by atoms with Crippen LogP contribution < -0.4 is 15.2 Å². The van der Waals surface area contributed by atoms with E-state index in [-0.39, 0.29) is 4.90 Å². The molecule has 0 aliphatic heterocycles. The average Bonchev–Trinajstić information content (AvgIpc) is 2.73. The highest BCUT2D eigenvalue weighted by Crippen LogP contribution is 2.15. The van der Waals surface area contributed by atoms with Gasteiger partial charge in [0.25, 0.3) is 5.91 Å². The molecule has 0 saturated heterocycles. The van der Waals surface area contributed by atoms with Crippen molar-refractivity contribution < 1.29 is 27.5 Å². The third-order valence-electron chi connectivity index (χ3n) is 4.67. The second-order valence-electron chi connectivity index (χ2n) is 7.83. The van der Waals surface area contributed by atoms with Crippen LogP contribution in [0.2, 0.25) is 0 Å². The van der Waals surface area contributed by atoms with Gasteiger partial charge in [-0.1, -0.05) is 26.0 Å². The number of sulfonamides is 1. The molecular formula is C23H30N2O6S. The van der Waals surface area contributed by atoms with Gasteiger partial charge in [-0.25, -0.2) is 18.4 Å². The van der Waals surface area contributed by atoms with Crippen molar-refractivity contribution >= 4 is 21.9 Å². The zero-order valence-corrected chi connectivity index (χ0v) is 19.4. The maximum absolute atomic E-state index is 12.3. The molecule has 1 atom stereocenters. The van der Waals surface area contributed by atoms with E-state index < -0.39 is 28.0 Å². The maximum Gasteiger partial charge on any atom is 0.338 e. The maximum atomic E-state index is 12.3. The number of nitrogens with two attached hydrogens (primary N) is 1. The van der Waals surface area contributed by atoms with Gasteiger partial charge in [0.05, 0.1) is 17.1 Å². The standard InChI is InChI=1S/C23H30N2O6S/c1-16(2)13-15-30-20-8-6-19(7-9-20)23(27)31-17(3)22(26)25-14-12-18-4-10-21(11-5-18)32(24,28)29/h4-11,16-17H,12-15H2,1-3H3,(H,25,26)(H2,24,28,29). The highest BCUT2D eigenvalue weighted by atomic mass is 32.2. The summed E-state index contributed by atoms with van der Waals surface area (Å²) < 4.78 is 33.4. The second-order valence-corrected chi connectivity index (χ2v) is 9.39. The number of rotatable bonds is 11. The summed E-state index contributed by atoms with van der Waals surface area (Å²) in [4.78, 5) is 24.5. The van der Waals surface area contributed by atoms with E-state index in [9.17, 15) is 18.0 Å². The first-order chi connectivity index (χ1) is 15.1. The quantitative estimate of drug-likeness (QED) is 0.495. The third kappa shape index (κ3) is 8.32. The Morgan fingerprint density at radius 2 is 1.62 bits per heavy atom. The first-order valence-electron chi connectivity index (χ1n) is 10.4. The monoisotopic (exact) mass is 462 g/mol. The SMILES string of the molecule is CC(C)CCOc1ccc(C(=O)OC(C)C(=O)NCCc2ccc(S(N)(=O)=O)cc2)cc1. The fourth-order valence-corrected chi connectivity index (χ4v) is 3.22. The van der Waals surface area contributed by atoms with E-state index in [1.807, 2.05) is 0 Å². The highest BCUT2D eigenvalue weighted by Gasteiger charge is 2.18. The Labute approximate surface area is 189 Å². The number of carbonyl (C=O) groups is 2. The molecule has 0 aromatic heterocycles. The van der Waals surface area contributed by atoms with Crippen LogP contribution in [0.15, 0.2) is 53.4 Å². The first-order valence-corrected chi connectivity index (χ1v) is 11.9. The lowest BCUT2D eigenvalue weighted by molar-refractivity contribution is -0.129. The molecule has 0 spiro atoms. The number of esters is 1. The van der Waals surface area contributed by atoms with Crippen molar-refractivity contribution in [3.8, 4) is 5.75 Å². The summed E-state index contributed by atoms with van der Waals surface area (Å²) >= 11 is 0. The molecule has 174 valence electrons. The summed E-state index contributed by atoms with van der Waals surface area (Å²) in [7, 11) is -3.73. The summed E-state index contributed by atoms with van der Waals surface area (Å²) in [6.07, 6.45) is 0.460. The number of primary sulfonamides is 1. The van der Waals surface area contributed by atoms with E-state index >= 15 is 0 Å². The molecule has 3 N–H and O–H groups in total. The lowest BCUT2D eigenvalue weighted by Crippen LogP contribution is -2.36. The molecule has 0 radical (unpaired) electrons. The molecule has 2 aromatic carbocycles. The van der Waals surface area contributed by atoms with Crippen LogP contribution in [0.3, 0.4) is 0 Å². The number of ether oxygens (including phenoxy) is 2. The number of amides is 1. The van der Waals surface area contributed by atoms with Crippen molar-refractivity contribution in [2.24, 2.45) is 11.1 Å². The molecule has 0 saturated carbocycles. The van der Waals surface area contributed by atoms with Gasteiger partial charge in [-0.15, -0.1) is 0 Å². The third-order valence-corrected chi connectivity index (χ3v) is 5.60. The van der Waals surface area contributed by atoms with Gasteiger partial charge in [-0.2, -0.15) is 0 Å². The summed E-state index contributed by atoms with van der Waals surface area (Å²) in [5.74, 6) is 0.200. The molecule has 0 heterocycles. The number of hydrogen-bond acceptors (Lipinski definition) is 6. The van der Waals surface area contributed by atoms with Crippen LogP contribution in [0.4, 0.5) is 0 Å². The fraction of sp³-hybridized carbons (Fsp3) is 0.391. The van der Waals surface area contributed by atoms with E-state index in [0.717, 1.165) is 12.0 Å². The lowest BCUT2D eigenvalue weighted by atomic mass is 10.1. The van der Waals surface area contributed by atoms with Crippen LogP contribution in [0, 0.1) is 5.92 Å². The van der Waals surface area contributed by atoms with Gasteiger partial charge in [0.15, 0.2) is 6.10 Å². The number of carbonyl (C=O) groups excluding carboxylic acids is 2. The minimum absolute atomic E-state index is 0.0287. The van der Waals surface area contributed by atoms with E-state index in [4.69, 9.17) is 14.6 Å². The van der Waals surface area contributed by atoms with E-state index in [1.54, 1.807) is 36.4 Å². The molecule has 2 aromatic rings. The molecule has 0 fully saturated rings. The number of benzene rings is 2. The van der Waals surface area contributed by atoms with Crippen molar-refractivity contribution in [3.63, 3.8) is 0 Å². The molecular weight excluding hydrogens is 432 g/mol. The Hall–Kier alpha value is -2.91. The Kier molecular flexibility index (Phi) is 9.22. The van der Waals surface area contributed by atoms with Crippen molar-refractivity contribution in [1.82, 2.24) is 5.32 Å². The van der Waals surface area contributed by atoms with Gasteiger partial charge in [0, 0.05) is 6.54 Å². The smallest absolute Gasteiger partial charge is 0.338 e. The van der Waals surface area contributed by atoms with Crippen LogP contribution >= 0.6 is 0 Å². The first kappa shape index (κ1) is 25.4. The summed E-state index contributed by atoms with van der Waals surface area (Å²) in [6, 6.07) is 12.7. The Morgan fingerprint density at radius 3 is 2.19 bits per heavy atom. The van der Waals surface area contributed by atoms with Crippen LogP contribution in [0.5, 0.6) is 5.75 Å². The lowest BCUT2D eigenvalue weighted by Gasteiger charge is -2.14. The van der Waals surface area contributed by atoms with Gasteiger partial charge in [-0.3, -0.25) is 4.79 Å². The van der Waals surface area contributed by atoms with Crippen LogP contribution in [0.1, 0.15) is 43.1 Å². The Balaban J connectivity index is 1.77. The molecule has 9 heteroatoms. The predicted molar refractivity (Wildman–Crippen MR) is 121 cm³/mol. The zero-order valence-electron chi connectivity index (χ0n) is 18.5. The van der Waals surface area contributed by atoms with Crippen LogP contribution in [0.25, 0.3) is 0 Å². The molecule has 1 amide bonds. The second kappa shape index (κ2) is 11.6. The molecule has 2 rings (SSSR count). The Morgan fingerprint density at radius 1 is 1.00 bits per heavy atom. The normalized spacial score (nSPS) is 12.3. The van der Waals surface area contributed by atoms with Crippen molar-refractivity contribution in [2.45, 2.75) is 44.6 Å². The highest BCUT2D eigenvalue weighted by molar-refractivity contribution is 7.89. The minimum atomic E-state index is -3.73. The van der Waals surface area contributed by atoms with Crippen LogP contribution in [-0.4, -0.2) is 39.5 Å². The van der Waals surface area contributed by atoms with Crippen molar-refractivity contribution in [2.75, 3.05) is 13.2 Å². The number of nitrogens with one attached hydrogen (secondary N) is 1. The van der Waals surface area contributed by atoms with Crippen LogP contribution in [-0.2, 0) is 26.0 Å². The summed E-state index contributed by atoms with van der Waals surface area (Å²) in [6.45, 7) is 6.64. The molecule has 0 bridgehead atoms. The van der Waals surface area contributed by atoms with Gasteiger partial charge in [0.2, 0.25) is 10.0 Å². The predicted octanol–water partition coefficient (Wildman–Crippen LogP) is 2.66. The van der Waals surface area contributed by atoms with E-state index in [0.29, 0.717) is 36.8 Å². The van der Waals surface area contributed by atoms with E-state index in [1.165, 1.54) is 19.1 Å². The summed E-state index contributed by atoms with van der Waals surface area (Å²) in [5, 5.41) is 7.76. The zero-order chi connectivity index (χ0) is 23.7. The fourth-order valence-electron chi connectivity index (χ4n) is 2.70. The topological polar surface area (TPSA) is 125 Å². The Bertz CT molecular complexity index is 1000. The van der Waals surface area contributed by atoms with E-state index in [2.05, 4.69) is 19.2 Å². The molecule has 8 nitrogen and oxygen atoms in total. The van der Waals surface area contributed by atoms with Crippen molar-refractivity contribution in [1.29, 1.82) is 0 Å². The molecule has 32 heavy (non-hydrogen) atoms. The largest absolute Gasteiger partial charge is 0.494 e. The molecule has 1 unspecified atom stereocenters. The summed E-state index contributed by atoms with van der Waals surface area (Å²) in [5.41, 5.74) is 1.16. The van der Waals surface area contributed by atoms with Crippen molar-refractivity contribution in [3.05, 3.63) is 59.7 Å². The number of hydrogen-bond donors (Lipinski definition) is 2.